The summed E-state index contributed by atoms with van der Waals surface area (Å²) in [6, 6.07) is 6.00. The van der Waals surface area contributed by atoms with Gasteiger partial charge in [0.1, 0.15) is 5.75 Å². The molecule has 22 heavy (non-hydrogen) atoms. The van der Waals surface area contributed by atoms with Gasteiger partial charge in [-0.05, 0) is 45.4 Å². The molecule has 2 rings (SSSR count). The van der Waals surface area contributed by atoms with Gasteiger partial charge in [0, 0.05) is 23.0 Å². The van der Waals surface area contributed by atoms with Crippen molar-refractivity contribution >= 4 is 23.3 Å². The van der Waals surface area contributed by atoms with Crippen LogP contribution in [0, 0.1) is 0 Å². The molecule has 0 amide bonds. The Morgan fingerprint density at radius 3 is 2.41 bits per heavy atom. The molecular formula is C16H23ClN2O3. The summed E-state index contributed by atoms with van der Waals surface area (Å²) in [5.41, 5.74) is 0.608. The summed E-state index contributed by atoms with van der Waals surface area (Å²) in [4.78, 5) is 14.0. The number of H-pyrrole nitrogens is 1. The number of aliphatic hydroxyl groups is 1. The van der Waals surface area contributed by atoms with Gasteiger partial charge in [0.25, 0.3) is 0 Å². The van der Waals surface area contributed by atoms with Crippen LogP contribution in [0.25, 0.3) is 10.9 Å². The summed E-state index contributed by atoms with van der Waals surface area (Å²) in [6.45, 7) is 7.99. The molecule has 2 aromatic rings. The molecule has 0 radical (unpaired) electrons. The van der Waals surface area contributed by atoms with Crippen molar-refractivity contribution in [2.24, 2.45) is 0 Å². The lowest BCUT2D eigenvalue weighted by atomic mass is 9.96. The Hall–Kier alpha value is -1.56. The van der Waals surface area contributed by atoms with Crippen LogP contribution in [-0.2, 0) is 0 Å². The van der Waals surface area contributed by atoms with Crippen molar-refractivity contribution in [1.29, 1.82) is 0 Å². The number of fused-ring (bicyclic) bond motifs is 1. The monoisotopic (exact) mass is 326 g/mol. The van der Waals surface area contributed by atoms with Crippen molar-refractivity contribution in [3.05, 3.63) is 40.2 Å². The molecule has 0 aliphatic carbocycles. The van der Waals surface area contributed by atoms with Crippen molar-refractivity contribution in [3.8, 4) is 5.75 Å². The summed E-state index contributed by atoms with van der Waals surface area (Å²) in [6.07, 6.45) is -0.752. The van der Waals surface area contributed by atoms with Gasteiger partial charge in [-0.2, -0.15) is 0 Å². The van der Waals surface area contributed by atoms with E-state index >= 15 is 0 Å². The first-order valence-corrected chi connectivity index (χ1v) is 7.00. The summed E-state index contributed by atoms with van der Waals surface area (Å²) < 4.78 is 0. The molecule has 0 spiro atoms. The number of phenolic OH excluding ortho intramolecular Hbond substituents is 1. The largest absolute Gasteiger partial charge is 0.506 e. The zero-order chi connectivity index (χ0) is 15.8. The molecule has 0 saturated carbocycles. The van der Waals surface area contributed by atoms with Crippen molar-refractivity contribution < 1.29 is 10.2 Å². The molecular weight excluding hydrogens is 304 g/mol. The highest BCUT2D eigenvalue weighted by atomic mass is 35.5. The fourth-order valence-electron chi connectivity index (χ4n) is 2.55. The van der Waals surface area contributed by atoms with Gasteiger partial charge in [-0.25, -0.2) is 0 Å². The van der Waals surface area contributed by atoms with E-state index in [9.17, 15) is 15.0 Å². The Morgan fingerprint density at radius 1 is 1.18 bits per heavy atom. The molecule has 0 bridgehead atoms. The highest BCUT2D eigenvalue weighted by Gasteiger charge is 2.23. The number of halogens is 1. The molecule has 2 unspecified atom stereocenters. The van der Waals surface area contributed by atoms with E-state index in [0.717, 1.165) is 0 Å². The molecule has 122 valence electrons. The average molecular weight is 327 g/mol. The molecule has 4 N–H and O–H groups in total. The minimum absolute atomic E-state index is 0. The topological polar surface area (TPSA) is 85.3 Å². The predicted molar refractivity (Wildman–Crippen MR) is 90.8 cm³/mol. The normalized spacial score (nSPS) is 14.4. The smallest absolute Gasteiger partial charge is 0.248 e. The van der Waals surface area contributed by atoms with Gasteiger partial charge in [0.05, 0.1) is 11.6 Å². The molecule has 1 heterocycles. The second-order valence-corrected chi connectivity index (χ2v) is 6.41. The van der Waals surface area contributed by atoms with Gasteiger partial charge in [-0.15, -0.1) is 12.4 Å². The molecule has 5 nitrogen and oxygen atoms in total. The second-order valence-electron chi connectivity index (χ2n) is 6.41. The minimum Gasteiger partial charge on any atom is -0.506 e. The lowest BCUT2D eigenvalue weighted by molar-refractivity contribution is 0.122. The summed E-state index contributed by atoms with van der Waals surface area (Å²) in [5, 5.41) is 24.4. The molecule has 6 heteroatoms. The van der Waals surface area contributed by atoms with E-state index in [1.54, 1.807) is 12.1 Å². The van der Waals surface area contributed by atoms with Gasteiger partial charge in [-0.3, -0.25) is 4.79 Å². The van der Waals surface area contributed by atoms with Crippen LogP contribution in [0.15, 0.2) is 29.1 Å². The van der Waals surface area contributed by atoms with E-state index < -0.39 is 6.10 Å². The Kier molecular flexibility index (Phi) is 5.62. The van der Waals surface area contributed by atoms with Crippen LogP contribution in [0.1, 0.15) is 39.4 Å². The van der Waals surface area contributed by atoms with Crippen molar-refractivity contribution in [3.63, 3.8) is 0 Å². The Bertz CT molecular complexity index is 707. The van der Waals surface area contributed by atoms with Gasteiger partial charge in [0.15, 0.2) is 0 Å². The molecule has 0 saturated heterocycles. The van der Waals surface area contributed by atoms with E-state index in [-0.39, 0.29) is 35.3 Å². The summed E-state index contributed by atoms with van der Waals surface area (Å²) >= 11 is 0. The van der Waals surface area contributed by atoms with Crippen LogP contribution in [0.5, 0.6) is 5.75 Å². The Balaban J connectivity index is 0.00000242. The summed E-state index contributed by atoms with van der Waals surface area (Å²) in [7, 11) is 0. The van der Waals surface area contributed by atoms with Crippen LogP contribution in [0.3, 0.4) is 0 Å². The number of aromatic hydroxyl groups is 1. The maximum atomic E-state index is 11.4. The van der Waals surface area contributed by atoms with E-state index in [0.29, 0.717) is 16.5 Å². The number of nitrogens with one attached hydrogen (secondary N) is 2. The first-order valence-electron chi connectivity index (χ1n) is 7.00. The Labute approximate surface area is 135 Å². The number of aliphatic hydroxyl groups excluding tert-OH is 1. The van der Waals surface area contributed by atoms with Crippen LogP contribution in [0.4, 0.5) is 0 Å². The number of benzene rings is 1. The lowest BCUT2D eigenvalue weighted by Gasteiger charge is -2.30. The lowest BCUT2D eigenvalue weighted by Crippen LogP contribution is -2.45. The van der Waals surface area contributed by atoms with Gasteiger partial charge in [-0.1, -0.05) is 6.07 Å². The number of pyridine rings is 1. The van der Waals surface area contributed by atoms with Crippen LogP contribution in [0.2, 0.25) is 0 Å². The number of hydrogen-bond acceptors (Lipinski definition) is 4. The predicted octanol–water partition coefficient (Wildman–Crippen LogP) is 2.47. The van der Waals surface area contributed by atoms with E-state index in [2.05, 4.69) is 10.3 Å². The second kappa shape index (κ2) is 6.69. The number of phenols is 1. The number of hydrogen-bond donors (Lipinski definition) is 4. The van der Waals surface area contributed by atoms with Crippen LogP contribution < -0.4 is 10.9 Å². The summed E-state index contributed by atoms with van der Waals surface area (Å²) in [5.74, 6) is -0.00455. The first kappa shape index (κ1) is 18.5. The van der Waals surface area contributed by atoms with Crippen LogP contribution in [-0.4, -0.2) is 26.8 Å². The number of aromatic nitrogens is 1. The van der Waals surface area contributed by atoms with E-state index in [1.807, 2.05) is 27.7 Å². The van der Waals surface area contributed by atoms with Gasteiger partial charge >= 0.3 is 0 Å². The number of aromatic amines is 1. The van der Waals surface area contributed by atoms with Crippen LogP contribution >= 0.6 is 12.4 Å². The molecule has 1 aromatic heterocycles. The molecule has 0 aliphatic heterocycles. The first-order chi connectivity index (χ1) is 9.69. The standard InChI is InChI=1S/C16H22N2O3.ClH/c1-9(18-16(2,3)4)15(21)11-5-7-12(19)14-10(11)6-8-13(20)17-14;/h5-9,15,18-19,21H,1-4H3,(H,17,20);1H. The molecule has 0 fully saturated rings. The zero-order valence-corrected chi connectivity index (χ0v) is 14.0. The average Bonchev–Trinajstić information content (AvgIpc) is 2.37. The highest BCUT2D eigenvalue weighted by Crippen LogP contribution is 2.30. The molecule has 1 aromatic carbocycles. The minimum atomic E-state index is -0.752. The molecule has 2 atom stereocenters. The third kappa shape index (κ3) is 4.00. The highest BCUT2D eigenvalue weighted by molar-refractivity contribution is 5.87. The van der Waals surface area contributed by atoms with Crippen molar-refractivity contribution in [1.82, 2.24) is 10.3 Å². The zero-order valence-electron chi connectivity index (χ0n) is 13.2. The number of rotatable bonds is 3. The maximum absolute atomic E-state index is 11.4. The quantitative estimate of drug-likeness (QED) is 0.698. The maximum Gasteiger partial charge on any atom is 0.248 e. The third-order valence-corrected chi connectivity index (χ3v) is 3.36. The van der Waals surface area contributed by atoms with Gasteiger partial charge in [0.2, 0.25) is 5.56 Å². The van der Waals surface area contributed by atoms with E-state index in [4.69, 9.17) is 0 Å². The SMILES string of the molecule is CC(NC(C)(C)C)C(O)c1ccc(O)c2[nH]c(=O)ccc12.Cl. The van der Waals surface area contributed by atoms with Gasteiger partial charge < -0.3 is 20.5 Å². The fourth-order valence-corrected chi connectivity index (χ4v) is 2.55. The third-order valence-electron chi connectivity index (χ3n) is 3.36. The molecule has 0 aliphatic rings. The fraction of sp³-hybridized carbons (Fsp3) is 0.438. The van der Waals surface area contributed by atoms with Crippen molar-refractivity contribution in [2.75, 3.05) is 0 Å². The van der Waals surface area contributed by atoms with Crippen molar-refractivity contribution in [2.45, 2.75) is 45.4 Å². The Morgan fingerprint density at radius 2 is 1.82 bits per heavy atom. The van der Waals surface area contributed by atoms with E-state index in [1.165, 1.54) is 12.1 Å².